The maximum absolute atomic E-state index is 12.0. The highest BCUT2D eigenvalue weighted by molar-refractivity contribution is 8.00. The molecule has 2 amide bonds. The molecule has 0 saturated carbocycles. The fourth-order valence-corrected chi connectivity index (χ4v) is 3.70. The second kappa shape index (κ2) is 11.2. The van der Waals surface area contributed by atoms with Gasteiger partial charge in [0.15, 0.2) is 0 Å². The number of hydrogen-bond donors (Lipinski definition) is 6. The normalized spacial score (nSPS) is 19.0. The molecule has 0 aromatic rings. The predicted octanol–water partition coefficient (Wildman–Crippen LogP) is -0.722. The highest BCUT2D eigenvalue weighted by Crippen LogP contribution is 2.24. The van der Waals surface area contributed by atoms with Gasteiger partial charge < -0.3 is 20.8 Å². The van der Waals surface area contributed by atoms with E-state index in [-0.39, 0.29) is 24.0 Å². The summed E-state index contributed by atoms with van der Waals surface area (Å²) in [5.74, 6) is -2.38. The van der Waals surface area contributed by atoms with Crippen LogP contribution in [0, 0.1) is 0 Å². The molecule has 1 aliphatic rings. The Bertz CT molecular complexity index is 499. The van der Waals surface area contributed by atoms with Gasteiger partial charge in [-0.1, -0.05) is 0 Å². The number of aliphatic carboxylic acids is 2. The maximum atomic E-state index is 12.0. The maximum Gasteiger partial charge on any atom is 0.322 e. The van der Waals surface area contributed by atoms with Crippen molar-refractivity contribution < 1.29 is 29.4 Å². The second-order valence-electron chi connectivity index (χ2n) is 5.51. The first-order chi connectivity index (χ1) is 11.8. The summed E-state index contributed by atoms with van der Waals surface area (Å²) in [6, 6.07) is -1.81. The Morgan fingerprint density at radius 2 is 1.92 bits per heavy atom. The Hall–Kier alpha value is -1.46. The number of rotatable bonds is 11. The number of thiol groups is 1. The molecule has 1 heterocycles. The van der Waals surface area contributed by atoms with Crippen molar-refractivity contribution in [1.82, 2.24) is 16.0 Å². The Kier molecular flexibility index (Phi) is 9.68. The van der Waals surface area contributed by atoms with Crippen LogP contribution in [0.2, 0.25) is 0 Å². The quantitative estimate of drug-likeness (QED) is 0.252. The standard InChI is InChI=1S/C14H23N3O6S2/c18-10(16-9(7-24)13(21)15-6-12(19)20)4-3-8(14(22)23)17-11-2-1-5-25-11/h8-9,11,17,24H,1-7H2,(H,15,21)(H,16,18)(H,19,20)(H,22,23)/t8-,9-,11?/m0/s1. The van der Waals surface area contributed by atoms with E-state index in [9.17, 15) is 24.3 Å². The molecular weight excluding hydrogens is 370 g/mol. The van der Waals surface area contributed by atoms with Crippen molar-refractivity contribution in [3.8, 4) is 0 Å². The molecule has 1 rings (SSSR count). The second-order valence-corrected chi connectivity index (χ2v) is 7.19. The molecular formula is C14H23N3O6S2. The molecule has 0 radical (unpaired) electrons. The molecule has 0 aliphatic carbocycles. The Morgan fingerprint density at radius 3 is 2.44 bits per heavy atom. The predicted molar refractivity (Wildman–Crippen MR) is 95.7 cm³/mol. The summed E-state index contributed by atoms with van der Waals surface area (Å²) in [7, 11) is 0. The number of carboxylic acid groups (broad SMARTS) is 2. The molecule has 0 bridgehead atoms. The van der Waals surface area contributed by atoms with Crippen LogP contribution in [-0.2, 0) is 19.2 Å². The molecule has 1 fully saturated rings. The third-order valence-corrected chi connectivity index (χ3v) is 5.19. The van der Waals surface area contributed by atoms with Crippen LogP contribution in [0.1, 0.15) is 25.7 Å². The lowest BCUT2D eigenvalue weighted by atomic mass is 10.1. The monoisotopic (exact) mass is 393 g/mol. The van der Waals surface area contributed by atoms with Gasteiger partial charge in [0.2, 0.25) is 11.8 Å². The van der Waals surface area contributed by atoms with Gasteiger partial charge in [-0.25, -0.2) is 0 Å². The zero-order valence-corrected chi connectivity index (χ0v) is 15.3. The fraction of sp³-hybridized carbons (Fsp3) is 0.714. The number of nitrogens with one attached hydrogen (secondary N) is 3. The van der Waals surface area contributed by atoms with Crippen molar-refractivity contribution >= 4 is 48.1 Å². The molecule has 9 nitrogen and oxygen atoms in total. The van der Waals surface area contributed by atoms with Crippen LogP contribution in [0.4, 0.5) is 0 Å². The molecule has 25 heavy (non-hydrogen) atoms. The zero-order chi connectivity index (χ0) is 18.8. The highest BCUT2D eigenvalue weighted by atomic mass is 32.2. The SMILES string of the molecule is O=C(O)CNC(=O)[C@H](CS)NC(=O)CC[C@H](NC1CCCS1)C(=O)O. The van der Waals surface area contributed by atoms with Gasteiger partial charge in [-0.2, -0.15) is 12.6 Å². The van der Waals surface area contributed by atoms with Crippen molar-refractivity contribution in [3.05, 3.63) is 0 Å². The van der Waals surface area contributed by atoms with Crippen molar-refractivity contribution in [2.75, 3.05) is 18.1 Å². The minimum atomic E-state index is -1.20. The molecule has 1 aliphatic heterocycles. The van der Waals surface area contributed by atoms with Gasteiger partial charge in [-0.05, 0) is 25.0 Å². The van der Waals surface area contributed by atoms with E-state index in [0.29, 0.717) is 0 Å². The third kappa shape index (κ3) is 8.45. The van der Waals surface area contributed by atoms with E-state index in [0.717, 1.165) is 18.6 Å². The van der Waals surface area contributed by atoms with E-state index in [1.165, 1.54) is 0 Å². The molecule has 0 aromatic heterocycles. The molecule has 3 atom stereocenters. The van der Waals surface area contributed by atoms with Gasteiger partial charge in [0.25, 0.3) is 0 Å². The van der Waals surface area contributed by atoms with Crippen LogP contribution >= 0.6 is 24.4 Å². The van der Waals surface area contributed by atoms with Crippen molar-refractivity contribution in [2.24, 2.45) is 0 Å². The summed E-state index contributed by atoms with van der Waals surface area (Å²) in [6.45, 7) is -0.553. The van der Waals surface area contributed by atoms with Gasteiger partial charge in [0.1, 0.15) is 18.6 Å². The summed E-state index contributed by atoms with van der Waals surface area (Å²) in [5.41, 5.74) is 0. The number of hydrogen-bond acceptors (Lipinski definition) is 7. The average molecular weight is 393 g/mol. The minimum absolute atomic E-state index is 0.00346. The molecule has 11 heteroatoms. The lowest BCUT2D eigenvalue weighted by molar-refractivity contribution is -0.140. The fourth-order valence-electron chi connectivity index (χ4n) is 2.23. The van der Waals surface area contributed by atoms with Gasteiger partial charge >= 0.3 is 11.9 Å². The Labute approximate surface area is 155 Å². The lowest BCUT2D eigenvalue weighted by Gasteiger charge is -2.20. The van der Waals surface area contributed by atoms with E-state index in [4.69, 9.17) is 5.11 Å². The van der Waals surface area contributed by atoms with Gasteiger partial charge in [0.05, 0.1) is 5.37 Å². The lowest BCUT2D eigenvalue weighted by Crippen LogP contribution is -2.49. The van der Waals surface area contributed by atoms with Crippen LogP contribution in [0.15, 0.2) is 0 Å². The summed E-state index contributed by atoms with van der Waals surface area (Å²) in [4.78, 5) is 45.4. The van der Waals surface area contributed by atoms with Gasteiger partial charge in [-0.15, -0.1) is 11.8 Å². The first-order valence-electron chi connectivity index (χ1n) is 7.83. The highest BCUT2D eigenvalue weighted by Gasteiger charge is 2.26. The smallest absolute Gasteiger partial charge is 0.322 e. The van der Waals surface area contributed by atoms with Crippen LogP contribution in [0.3, 0.4) is 0 Å². The number of carboxylic acids is 2. The number of carbonyl (C=O) groups is 4. The number of amides is 2. The summed E-state index contributed by atoms with van der Waals surface area (Å²) < 4.78 is 0. The molecule has 142 valence electrons. The van der Waals surface area contributed by atoms with Crippen LogP contribution < -0.4 is 16.0 Å². The Balaban J connectivity index is 2.42. The van der Waals surface area contributed by atoms with E-state index in [1.54, 1.807) is 11.8 Å². The van der Waals surface area contributed by atoms with Crippen molar-refractivity contribution in [1.29, 1.82) is 0 Å². The molecule has 0 spiro atoms. The topological polar surface area (TPSA) is 145 Å². The minimum Gasteiger partial charge on any atom is -0.480 e. The van der Waals surface area contributed by atoms with E-state index < -0.39 is 42.4 Å². The van der Waals surface area contributed by atoms with Gasteiger partial charge in [0, 0.05) is 12.2 Å². The van der Waals surface area contributed by atoms with Crippen LogP contribution in [0.25, 0.3) is 0 Å². The van der Waals surface area contributed by atoms with E-state index >= 15 is 0 Å². The Morgan fingerprint density at radius 1 is 1.20 bits per heavy atom. The average Bonchev–Trinajstić information content (AvgIpc) is 3.06. The number of carbonyl (C=O) groups excluding carboxylic acids is 2. The third-order valence-electron chi connectivity index (χ3n) is 3.52. The molecule has 0 aromatic carbocycles. The van der Waals surface area contributed by atoms with Crippen molar-refractivity contribution in [2.45, 2.75) is 43.1 Å². The zero-order valence-electron chi connectivity index (χ0n) is 13.6. The largest absolute Gasteiger partial charge is 0.480 e. The summed E-state index contributed by atoms with van der Waals surface area (Å²) in [6.07, 6.45) is 1.95. The first-order valence-corrected chi connectivity index (χ1v) is 9.51. The van der Waals surface area contributed by atoms with E-state index in [1.807, 2.05) is 0 Å². The van der Waals surface area contributed by atoms with Crippen LogP contribution in [-0.4, -0.2) is 69.5 Å². The number of thioether (sulfide) groups is 1. The molecule has 1 unspecified atom stereocenters. The van der Waals surface area contributed by atoms with E-state index in [2.05, 4.69) is 28.6 Å². The van der Waals surface area contributed by atoms with Crippen molar-refractivity contribution in [3.63, 3.8) is 0 Å². The molecule has 1 saturated heterocycles. The summed E-state index contributed by atoms with van der Waals surface area (Å²) in [5, 5.41) is 25.5. The summed E-state index contributed by atoms with van der Waals surface area (Å²) >= 11 is 5.62. The van der Waals surface area contributed by atoms with Crippen LogP contribution in [0.5, 0.6) is 0 Å². The first kappa shape index (κ1) is 21.6. The molecule has 5 N–H and O–H groups in total. The van der Waals surface area contributed by atoms with Gasteiger partial charge in [-0.3, -0.25) is 24.5 Å².